The maximum absolute atomic E-state index is 10.7. The number of rotatable bonds is 3. The molecule has 90 valence electrons. The van der Waals surface area contributed by atoms with E-state index >= 15 is 0 Å². The molecular weight excluding hydrogens is 232 g/mol. The third-order valence-electron chi connectivity index (χ3n) is 2.28. The maximum Gasteiger partial charge on any atom is 0.153 e. The van der Waals surface area contributed by atoms with Crippen molar-refractivity contribution >= 4 is 17.7 Å². The second kappa shape index (κ2) is 5.09. The van der Waals surface area contributed by atoms with Gasteiger partial charge in [-0.1, -0.05) is 18.2 Å². The summed E-state index contributed by atoms with van der Waals surface area (Å²) in [4.78, 5) is 10.7. The lowest BCUT2D eigenvalue weighted by Crippen LogP contribution is -1.81. The first-order chi connectivity index (χ1) is 8.70. The van der Waals surface area contributed by atoms with E-state index in [2.05, 4.69) is 10.2 Å². The SMILES string of the molecule is O=Cc1cc(/N=N/c2ccccc2)c(O)cc1O. The monoisotopic (exact) mass is 242 g/mol. The standard InChI is InChI=1S/C13H10N2O3/c16-8-9-6-11(13(18)7-12(9)17)15-14-10-4-2-1-3-5-10/h1-8,17-18H/b15-14+. The number of carbonyl (C=O) groups excluding carboxylic acids is 1. The molecule has 0 radical (unpaired) electrons. The normalized spacial score (nSPS) is 10.7. The molecule has 0 spiro atoms. The fourth-order valence-electron chi connectivity index (χ4n) is 1.36. The van der Waals surface area contributed by atoms with Crippen molar-refractivity contribution in [3.63, 3.8) is 0 Å². The summed E-state index contributed by atoms with van der Waals surface area (Å²) < 4.78 is 0. The Hall–Kier alpha value is -2.69. The van der Waals surface area contributed by atoms with Crippen LogP contribution >= 0.6 is 0 Å². The zero-order valence-corrected chi connectivity index (χ0v) is 9.32. The van der Waals surface area contributed by atoms with Crippen LogP contribution in [0.5, 0.6) is 11.5 Å². The molecule has 0 heterocycles. The van der Waals surface area contributed by atoms with E-state index in [-0.39, 0.29) is 22.7 Å². The fraction of sp³-hybridized carbons (Fsp3) is 0. The van der Waals surface area contributed by atoms with Crippen molar-refractivity contribution < 1.29 is 15.0 Å². The molecule has 0 amide bonds. The van der Waals surface area contributed by atoms with Crippen LogP contribution in [0.2, 0.25) is 0 Å². The molecular formula is C13H10N2O3. The highest BCUT2D eigenvalue weighted by Gasteiger charge is 2.07. The molecule has 0 saturated heterocycles. The number of phenolic OH excluding ortho intramolecular Hbond substituents is 2. The van der Waals surface area contributed by atoms with E-state index in [9.17, 15) is 15.0 Å². The molecule has 5 heteroatoms. The van der Waals surface area contributed by atoms with Crippen LogP contribution in [-0.4, -0.2) is 16.5 Å². The Balaban J connectivity index is 2.35. The second-order valence-electron chi connectivity index (χ2n) is 3.55. The molecule has 18 heavy (non-hydrogen) atoms. The Morgan fingerprint density at radius 2 is 1.67 bits per heavy atom. The smallest absolute Gasteiger partial charge is 0.153 e. The number of nitrogens with zero attached hydrogens (tertiary/aromatic N) is 2. The Bertz CT molecular complexity index is 595. The lowest BCUT2D eigenvalue weighted by Gasteiger charge is -2.01. The summed E-state index contributed by atoms with van der Waals surface area (Å²) in [5, 5.41) is 26.6. The Morgan fingerprint density at radius 3 is 2.33 bits per heavy atom. The van der Waals surface area contributed by atoms with Gasteiger partial charge in [0.15, 0.2) is 6.29 Å². The van der Waals surface area contributed by atoms with Crippen molar-refractivity contribution in [2.75, 3.05) is 0 Å². The summed E-state index contributed by atoms with van der Waals surface area (Å²) in [7, 11) is 0. The second-order valence-corrected chi connectivity index (χ2v) is 3.55. The van der Waals surface area contributed by atoms with Gasteiger partial charge in [-0.2, -0.15) is 5.11 Å². The first-order valence-electron chi connectivity index (χ1n) is 5.18. The van der Waals surface area contributed by atoms with Crippen LogP contribution in [0.3, 0.4) is 0 Å². The van der Waals surface area contributed by atoms with Gasteiger partial charge in [0.2, 0.25) is 0 Å². The van der Waals surface area contributed by atoms with Crippen LogP contribution in [0.25, 0.3) is 0 Å². The molecule has 0 aliphatic heterocycles. The van der Waals surface area contributed by atoms with Gasteiger partial charge in [0.25, 0.3) is 0 Å². The van der Waals surface area contributed by atoms with Crippen LogP contribution in [0.1, 0.15) is 10.4 Å². The minimum Gasteiger partial charge on any atom is -0.507 e. The van der Waals surface area contributed by atoms with Crippen molar-refractivity contribution in [2.24, 2.45) is 10.2 Å². The third-order valence-corrected chi connectivity index (χ3v) is 2.28. The summed E-state index contributed by atoms with van der Waals surface area (Å²) in [6.45, 7) is 0. The number of carbonyl (C=O) groups is 1. The van der Waals surface area contributed by atoms with E-state index < -0.39 is 0 Å². The first kappa shape index (κ1) is 11.8. The van der Waals surface area contributed by atoms with Crippen molar-refractivity contribution in [3.05, 3.63) is 48.0 Å². The van der Waals surface area contributed by atoms with E-state index in [0.29, 0.717) is 12.0 Å². The van der Waals surface area contributed by atoms with Gasteiger partial charge in [-0.25, -0.2) is 0 Å². The molecule has 2 aromatic carbocycles. The molecule has 2 N–H and O–H groups in total. The van der Waals surface area contributed by atoms with Gasteiger partial charge in [-0.15, -0.1) is 5.11 Å². The lowest BCUT2D eigenvalue weighted by atomic mass is 10.2. The summed E-state index contributed by atoms with van der Waals surface area (Å²) in [6.07, 6.45) is 0.482. The van der Waals surface area contributed by atoms with E-state index in [1.54, 1.807) is 12.1 Å². The van der Waals surface area contributed by atoms with Crippen LogP contribution < -0.4 is 0 Å². The molecule has 2 rings (SSSR count). The first-order valence-corrected chi connectivity index (χ1v) is 5.18. The quantitative estimate of drug-likeness (QED) is 0.639. The van der Waals surface area contributed by atoms with Gasteiger partial charge < -0.3 is 10.2 Å². The highest BCUT2D eigenvalue weighted by molar-refractivity contribution is 5.82. The van der Waals surface area contributed by atoms with Crippen LogP contribution in [0.15, 0.2) is 52.7 Å². The van der Waals surface area contributed by atoms with Gasteiger partial charge in [0.05, 0.1) is 11.3 Å². The zero-order valence-electron chi connectivity index (χ0n) is 9.32. The molecule has 0 unspecified atom stereocenters. The highest BCUT2D eigenvalue weighted by Crippen LogP contribution is 2.33. The molecule has 0 atom stereocenters. The van der Waals surface area contributed by atoms with E-state index in [0.717, 1.165) is 6.07 Å². The minimum atomic E-state index is -0.291. The van der Waals surface area contributed by atoms with E-state index in [1.807, 2.05) is 18.2 Å². The number of aromatic hydroxyl groups is 2. The minimum absolute atomic E-state index is 0.0508. The van der Waals surface area contributed by atoms with Crippen molar-refractivity contribution in [2.45, 2.75) is 0 Å². The number of hydrogen-bond donors (Lipinski definition) is 2. The molecule has 0 aliphatic carbocycles. The predicted octanol–water partition coefficient (Wildman–Crippen LogP) is 3.33. The van der Waals surface area contributed by atoms with Gasteiger partial charge in [-0.3, -0.25) is 4.79 Å². The van der Waals surface area contributed by atoms with E-state index in [1.165, 1.54) is 6.07 Å². The summed E-state index contributed by atoms with van der Waals surface area (Å²) in [5.74, 6) is -0.529. The van der Waals surface area contributed by atoms with Crippen molar-refractivity contribution in [1.29, 1.82) is 0 Å². The third kappa shape index (κ3) is 2.52. The number of hydrogen-bond acceptors (Lipinski definition) is 5. The Kier molecular flexibility index (Phi) is 3.33. The average molecular weight is 242 g/mol. The van der Waals surface area contributed by atoms with Crippen molar-refractivity contribution in [1.82, 2.24) is 0 Å². The Morgan fingerprint density at radius 1 is 0.944 bits per heavy atom. The van der Waals surface area contributed by atoms with Crippen LogP contribution in [-0.2, 0) is 0 Å². The van der Waals surface area contributed by atoms with Crippen LogP contribution in [0.4, 0.5) is 11.4 Å². The number of azo groups is 1. The zero-order chi connectivity index (χ0) is 13.0. The van der Waals surface area contributed by atoms with Gasteiger partial charge in [0.1, 0.15) is 17.2 Å². The fourth-order valence-corrected chi connectivity index (χ4v) is 1.36. The molecule has 0 aromatic heterocycles. The topological polar surface area (TPSA) is 82.2 Å². The summed E-state index contributed by atoms with van der Waals surface area (Å²) in [6, 6.07) is 11.3. The molecule has 5 nitrogen and oxygen atoms in total. The van der Waals surface area contributed by atoms with E-state index in [4.69, 9.17) is 0 Å². The average Bonchev–Trinajstić information content (AvgIpc) is 2.39. The van der Waals surface area contributed by atoms with Gasteiger partial charge in [0, 0.05) is 6.07 Å². The van der Waals surface area contributed by atoms with Gasteiger partial charge >= 0.3 is 0 Å². The summed E-state index contributed by atoms with van der Waals surface area (Å²) in [5.41, 5.74) is 0.797. The molecule has 0 saturated carbocycles. The van der Waals surface area contributed by atoms with Crippen LogP contribution in [0, 0.1) is 0 Å². The van der Waals surface area contributed by atoms with Crippen molar-refractivity contribution in [3.8, 4) is 11.5 Å². The largest absolute Gasteiger partial charge is 0.507 e. The number of aldehydes is 1. The molecule has 0 fully saturated rings. The summed E-state index contributed by atoms with van der Waals surface area (Å²) >= 11 is 0. The molecule has 2 aromatic rings. The number of phenols is 2. The maximum atomic E-state index is 10.7. The number of benzene rings is 2. The molecule has 0 aliphatic rings. The predicted molar refractivity (Wildman–Crippen MR) is 65.8 cm³/mol. The van der Waals surface area contributed by atoms with Gasteiger partial charge in [-0.05, 0) is 18.2 Å². The molecule has 0 bridgehead atoms. The lowest BCUT2D eigenvalue weighted by molar-refractivity contribution is 0.112. The highest BCUT2D eigenvalue weighted by atomic mass is 16.3. The Labute approximate surface area is 103 Å².